The van der Waals surface area contributed by atoms with Gasteiger partial charge in [-0.1, -0.05) is 0 Å². The van der Waals surface area contributed by atoms with Crippen LogP contribution in [0.3, 0.4) is 0 Å². The second kappa shape index (κ2) is 4.34. The Kier molecular flexibility index (Phi) is 3.18. The van der Waals surface area contributed by atoms with Gasteiger partial charge in [0.1, 0.15) is 5.82 Å². The lowest BCUT2D eigenvalue weighted by Crippen LogP contribution is -2.51. The molecule has 0 N–H and O–H groups in total. The minimum absolute atomic E-state index is 0.142. The number of hydrogen-bond donors (Lipinski definition) is 0. The van der Waals surface area contributed by atoms with Crippen molar-refractivity contribution in [1.29, 1.82) is 0 Å². The first kappa shape index (κ1) is 12.4. The highest BCUT2D eigenvalue weighted by molar-refractivity contribution is 7.89. The number of nitrogens with zero attached hydrogens (tertiary/aromatic N) is 3. The van der Waals surface area contributed by atoms with E-state index in [1.54, 1.807) is 20.0 Å². The van der Waals surface area contributed by atoms with Crippen LogP contribution in [0.15, 0.2) is 12.3 Å². The van der Waals surface area contributed by atoms with Gasteiger partial charge in [-0.3, -0.25) is 0 Å². The van der Waals surface area contributed by atoms with Crippen molar-refractivity contribution in [1.82, 2.24) is 14.3 Å². The predicted octanol–water partition coefficient (Wildman–Crippen LogP) is 0.922. The monoisotopic (exact) mass is 255 g/mol. The van der Waals surface area contributed by atoms with Crippen LogP contribution in [-0.2, 0) is 10.0 Å². The van der Waals surface area contributed by atoms with Crippen LogP contribution in [-0.4, -0.2) is 41.0 Å². The van der Waals surface area contributed by atoms with Crippen molar-refractivity contribution in [3.05, 3.63) is 23.8 Å². The molecule has 0 spiro atoms. The second-order valence-electron chi connectivity index (χ2n) is 4.66. The van der Waals surface area contributed by atoms with Crippen molar-refractivity contribution in [2.45, 2.75) is 31.9 Å². The third-order valence-electron chi connectivity index (χ3n) is 2.98. The van der Waals surface area contributed by atoms with Crippen molar-refractivity contribution in [3.63, 3.8) is 0 Å². The molecule has 17 heavy (non-hydrogen) atoms. The topological polar surface area (TPSA) is 63.2 Å². The zero-order valence-corrected chi connectivity index (χ0v) is 11.1. The molecule has 6 heteroatoms. The zero-order valence-electron chi connectivity index (χ0n) is 10.3. The summed E-state index contributed by atoms with van der Waals surface area (Å²) < 4.78 is 25.2. The molecule has 1 aromatic rings. The molecule has 0 amide bonds. The first-order valence-electron chi connectivity index (χ1n) is 5.69. The number of hydrogen-bond acceptors (Lipinski definition) is 4. The van der Waals surface area contributed by atoms with E-state index in [2.05, 4.69) is 9.97 Å². The summed E-state index contributed by atoms with van der Waals surface area (Å²) in [6.07, 6.45) is 1.72. The quantitative estimate of drug-likeness (QED) is 0.806. The summed E-state index contributed by atoms with van der Waals surface area (Å²) in [5.41, 5.74) is 0.917. The van der Waals surface area contributed by atoms with Gasteiger partial charge in [-0.15, -0.1) is 0 Å². The molecule has 94 valence electrons. The lowest BCUT2D eigenvalue weighted by molar-refractivity contribution is 0.253. The molecule has 1 aromatic heterocycles. The fourth-order valence-electron chi connectivity index (χ4n) is 1.77. The number of sulfonamides is 1. The van der Waals surface area contributed by atoms with Gasteiger partial charge in [-0.25, -0.2) is 22.7 Å². The Morgan fingerprint density at radius 3 is 2.59 bits per heavy atom. The van der Waals surface area contributed by atoms with Gasteiger partial charge in [0.2, 0.25) is 10.0 Å². The first-order chi connectivity index (χ1) is 7.91. The maximum atomic E-state index is 11.8. The summed E-state index contributed by atoms with van der Waals surface area (Å²) >= 11 is 0. The summed E-state index contributed by atoms with van der Waals surface area (Å²) in [5, 5.41) is -0.359. The largest absolute Gasteiger partial charge is 0.241 e. The minimum Gasteiger partial charge on any atom is -0.241 e. The van der Waals surface area contributed by atoms with Crippen LogP contribution in [0.4, 0.5) is 0 Å². The number of aryl methyl sites for hydroxylation is 1. The molecule has 2 heterocycles. The molecular weight excluding hydrogens is 238 g/mol. The molecule has 0 atom stereocenters. The zero-order chi connectivity index (χ0) is 12.6. The van der Waals surface area contributed by atoms with E-state index in [-0.39, 0.29) is 11.2 Å². The van der Waals surface area contributed by atoms with Crippen LogP contribution in [0.2, 0.25) is 0 Å². The average Bonchev–Trinajstić information content (AvgIpc) is 2.14. The highest BCUT2D eigenvalue weighted by atomic mass is 32.2. The van der Waals surface area contributed by atoms with E-state index in [4.69, 9.17) is 0 Å². The van der Waals surface area contributed by atoms with Gasteiger partial charge in [0, 0.05) is 30.9 Å². The van der Waals surface area contributed by atoms with Gasteiger partial charge in [-0.05, 0) is 26.8 Å². The Balaban J connectivity index is 2.05. The smallest absolute Gasteiger partial charge is 0.216 e. The van der Waals surface area contributed by atoms with E-state index < -0.39 is 10.0 Å². The molecule has 0 bridgehead atoms. The average molecular weight is 255 g/mol. The lowest BCUT2D eigenvalue weighted by Gasteiger charge is -2.38. The molecule has 1 fully saturated rings. The molecule has 0 saturated carbocycles. The first-order valence-corrected chi connectivity index (χ1v) is 7.20. The maximum absolute atomic E-state index is 11.8. The van der Waals surface area contributed by atoms with Gasteiger partial charge in [0.15, 0.2) is 0 Å². The molecule has 2 rings (SSSR count). The van der Waals surface area contributed by atoms with Crippen molar-refractivity contribution in [2.75, 3.05) is 13.1 Å². The summed E-state index contributed by atoms with van der Waals surface area (Å²) in [7, 11) is -3.11. The van der Waals surface area contributed by atoms with Crippen LogP contribution >= 0.6 is 0 Å². The molecule has 1 aliphatic heterocycles. The van der Waals surface area contributed by atoms with E-state index in [9.17, 15) is 8.42 Å². The molecular formula is C11H17N3O2S. The summed E-state index contributed by atoms with van der Waals surface area (Å²) in [4.78, 5) is 8.51. The maximum Gasteiger partial charge on any atom is 0.216 e. The molecule has 1 aliphatic rings. The Morgan fingerprint density at radius 2 is 2.06 bits per heavy atom. The molecule has 0 aromatic carbocycles. The van der Waals surface area contributed by atoms with Crippen LogP contribution in [0.25, 0.3) is 0 Å². The standard InChI is InChI=1S/C11H17N3O2S/c1-8(2)17(15,16)14-6-10(7-14)11-12-5-4-9(3)13-11/h4-5,8,10H,6-7H2,1-3H3. The third-order valence-corrected chi connectivity index (χ3v) is 5.19. The molecule has 1 saturated heterocycles. The normalized spacial score (nSPS) is 18.4. The van der Waals surface area contributed by atoms with Crippen molar-refractivity contribution < 1.29 is 8.42 Å². The molecule has 0 aliphatic carbocycles. The second-order valence-corrected chi connectivity index (χ2v) is 7.15. The van der Waals surface area contributed by atoms with E-state index >= 15 is 0 Å². The number of aromatic nitrogens is 2. The Labute approximate surface area is 102 Å². The van der Waals surface area contributed by atoms with E-state index in [1.807, 2.05) is 13.0 Å². The summed E-state index contributed by atoms with van der Waals surface area (Å²) in [5.74, 6) is 0.892. The predicted molar refractivity (Wildman–Crippen MR) is 65.1 cm³/mol. The summed E-state index contributed by atoms with van der Waals surface area (Å²) in [6, 6.07) is 1.84. The molecule has 0 radical (unpaired) electrons. The van der Waals surface area contributed by atoms with E-state index in [0.717, 1.165) is 11.5 Å². The van der Waals surface area contributed by atoms with E-state index in [0.29, 0.717) is 13.1 Å². The number of rotatable bonds is 3. The fraction of sp³-hybridized carbons (Fsp3) is 0.636. The molecule has 5 nitrogen and oxygen atoms in total. The van der Waals surface area contributed by atoms with Crippen LogP contribution in [0.5, 0.6) is 0 Å². The Bertz CT molecular complexity index is 507. The highest BCUT2D eigenvalue weighted by Gasteiger charge is 2.39. The summed E-state index contributed by atoms with van der Waals surface area (Å²) in [6.45, 7) is 6.32. The lowest BCUT2D eigenvalue weighted by atomic mass is 10.0. The van der Waals surface area contributed by atoms with E-state index in [1.165, 1.54) is 4.31 Å². The minimum atomic E-state index is -3.11. The van der Waals surface area contributed by atoms with Crippen molar-refractivity contribution >= 4 is 10.0 Å². The van der Waals surface area contributed by atoms with Gasteiger partial charge in [0.05, 0.1) is 5.25 Å². The van der Waals surface area contributed by atoms with Crippen molar-refractivity contribution in [2.24, 2.45) is 0 Å². The van der Waals surface area contributed by atoms with Gasteiger partial charge in [0.25, 0.3) is 0 Å². The Morgan fingerprint density at radius 1 is 1.41 bits per heavy atom. The van der Waals surface area contributed by atoms with Crippen LogP contribution in [0.1, 0.15) is 31.3 Å². The molecule has 0 unspecified atom stereocenters. The van der Waals surface area contributed by atoms with Crippen molar-refractivity contribution in [3.8, 4) is 0 Å². The van der Waals surface area contributed by atoms with Gasteiger partial charge in [-0.2, -0.15) is 0 Å². The Hall–Kier alpha value is -1.01. The van der Waals surface area contributed by atoms with Gasteiger partial charge < -0.3 is 0 Å². The van der Waals surface area contributed by atoms with Crippen LogP contribution < -0.4 is 0 Å². The fourth-order valence-corrected chi connectivity index (χ4v) is 3.14. The van der Waals surface area contributed by atoms with Crippen LogP contribution in [0, 0.1) is 6.92 Å². The van der Waals surface area contributed by atoms with Gasteiger partial charge >= 0.3 is 0 Å². The highest BCUT2D eigenvalue weighted by Crippen LogP contribution is 2.28. The third kappa shape index (κ3) is 2.32. The SMILES string of the molecule is Cc1ccnc(C2CN(S(=O)(=O)C(C)C)C2)n1.